The molecule has 1 aliphatic rings. The van der Waals surface area contributed by atoms with Crippen LogP contribution in [0.4, 0.5) is 10.5 Å². The molecule has 0 atom stereocenters. The van der Waals surface area contributed by atoms with Gasteiger partial charge in [-0.25, -0.2) is 9.78 Å². The van der Waals surface area contributed by atoms with Crippen molar-refractivity contribution >= 4 is 34.7 Å². The molecule has 1 fully saturated rings. The Morgan fingerprint density at radius 2 is 1.96 bits per heavy atom. The van der Waals surface area contributed by atoms with Gasteiger partial charge in [-0.15, -0.1) is 0 Å². The summed E-state index contributed by atoms with van der Waals surface area (Å²) in [7, 11) is 0. The van der Waals surface area contributed by atoms with Gasteiger partial charge in [0.1, 0.15) is 5.52 Å². The largest absolute Gasteiger partial charge is 0.418 e. The molecule has 126 valence electrons. The highest BCUT2D eigenvalue weighted by Gasteiger charge is 2.20. The maximum Gasteiger partial charge on any atom is 0.321 e. The SMILES string of the molecule is Cc1ccc2cccc(OSc3ccc(N4CCNC4=O)cc3)c2n1. The average Bonchev–Trinajstić information content (AvgIpc) is 3.06. The smallest absolute Gasteiger partial charge is 0.321 e. The fourth-order valence-electron chi connectivity index (χ4n) is 2.78. The van der Waals surface area contributed by atoms with Crippen LogP contribution in [0.1, 0.15) is 5.69 Å². The first kappa shape index (κ1) is 15.8. The van der Waals surface area contributed by atoms with Crippen molar-refractivity contribution in [3.8, 4) is 5.75 Å². The Balaban J connectivity index is 1.50. The minimum absolute atomic E-state index is 0.0474. The lowest BCUT2D eigenvalue weighted by atomic mass is 10.2. The number of hydrogen-bond donors (Lipinski definition) is 1. The molecule has 0 radical (unpaired) electrons. The number of para-hydroxylation sites is 1. The number of hydrogen-bond acceptors (Lipinski definition) is 4. The molecule has 5 nitrogen and oxygen atoms in total. The van der Waals surface area contributed by atoms with Crippen molar-refractivity contribution in [2.45, 2.75) is 11.8 Å². The van der Waals surface area contributed by atoms with E-state index in [1.54, 1.807) is 4.90 Å². The lowest BCUT2D eigenvalue weighted by Gasteiger charge is -2.14. The molecule has 2 aromatic carbocycles. The number of aromatic nitrogens is 1. The molecule has 0 unspecified atom stereocenters. The van der Waals surface area contributed by atoms with Gasteiger partial charge in [0.25, 0.3) is 0 Å². The van der Waals surface area contributed by atoms with E-state index in [2.05, 4.69) is 10.3 Å². The number of pyridine rings is 1. The van der Waals surface area contributed by atoms with Crippen molar-refractivity contribution in [1.29, 1.82) is 0 Å². The molecule has 4 rings (SSSR count). The minimum atomic E-state index is -0.0474. The molecular weight excluding hydrogens is 334 g/mol. The second-order valence-corrected chi connectivity index (χ2v) is 6.63. The monoisotopic (exact) mass is 351 g/mol. The molecule has 0 bridgehead atoms. The van der Waals surface area contributed by atoms with Crippen LogP contribution in [0.25, 0.3) is 10.9 Å². The highest BCUT2D eigenvalue weighted by molar-refractivity contribution is 7.95. The lowest BCUT2D eigenvalue weighted by Crippen LogP contribution is -2.27. The molecule has 1 saturated heterocycles. The van der Waals surface area contributed by atoms with Crippen molar-refractivity contribution in [3.63, 3.8) is 0 Å². The maximum atomic E-state index is 11.7. The fourth-order valence-corrected chi connectivity index (χ4v) is 3.34. The van der Waals surface area contributed by atoms with Crippen LogP contribution in [-0.2, 0) is 0 Å². The molecule has 1 aromatic heterocycles. The molecule has 2 heterocycles. The van der Waals surface area contributed by atoms with Crippen LogP contribution in [0, 0.1) is 6.92 Å². The van der Waals surface area contributed by atoms with Gasteiger partial charge in [0.2, 0.25) is 0 Å². The number of amides is 2. The Bertz CT molecular complexity index is 928. The standard InChI is InChI=1S/C19H17N3O2S/c1-13-5-6-14-3-2-4-17(18(14)21-13)24-25-16-9-7-15(8-10-16)22-12-11-20-19(22)23/h2-10H,11-12H2,1H3,(H,20,23). The number of carbonyl (C=O) groups is 1. The van der Waals surface area contributed by atoms with Crippen LogP contribution in [0.15, 0.2) is 59.5 Å². The van der Waals surface area contributed by atoms with Gasteiger partial charge in [-0.1, -0.05) is 18.2 Å². The quantitative estimate of drug-likeness (QED) is 0.717. The summed E-state index contributed by atoms with van der Waals surface area (Å²) in [4.78, 5) is 19.0. The topological polar surface area (TPSA) is 54.5 Å². The van der Waals surface area contributed by atoms with Crippen molar-refractivity contribution in [3.05, 3.63) is 60.3 Å². The van der Waals surface area contributed by atoms with Crippen LogP contribution in [-0.4, -0.2) is 24.1 Å². The number of aryl methyl sites for hydroxylation is 1. The molecule has 25 heavy (non-hydrogen) atoms. The Morgan fingerprint density at radius 3 is 2.72 bits per heavy atom. The Hall–Kier alpha value is -2.73. The number of rotatable bonds is 4. The van der Waals surface area contributed by atoms with Gasteiger partial charge in [0.05, 0.1) is 12.0 Å². The van der Waals surface area contributed by atoms with E-state index in [1.165, 1.54) is 12.0 Å². The first-order valence-electron chi connectivity index (χ1n) is 8.07. The predicted octanol–water partition coefficient (Wildman–Crippen LogP) is 4.16. The van der Waals surface area contributed by atoms with Crippen molar-refractivity contribution in [2.75, 3.05) is 18.0 Å². The third-order valence-electron chi connectivity index (χ3n) is 4.06. The van der Waals surface area contributed by atoms with E-state index in [-0.39, 0.29) is 6.03 Å². The van der Waals surface area contributed by atoms with E-state index in [4.69, 9.17) is 4.18 Å². The minimum Gasteiger partial charge on any atom is -0.418 e. The molecule has 2 amide bonds. The predicted molar refractivity (Wildman–Crippen MR) is 100 cm³/mol. The van der Waals surface area contributed by atoms with Gasteiger partial charge in [0, 0.05) is 34.8 Å². The molecule has 0 saturated carbocycles. The first-order chi connectivity index (χ1) is 12.2. The summed E-state index contributed by atoms with van der Waals surface area (Å²) < 4.78 is 5.91. The van der Waals surface area contributed by atoms with Gasteiger partial charge in [-0.2, -0.15) is 0 Å². The van der Waals surface area contributed by atoms with E-state index in [9.17, 15) is 4.79 Å². The molecule has 0 spiro atoms. The van der Waals surface area contributed by atoms with Gasteiger partial charge in [-0.05, 0) is 43.3 Å². The van der Waals surface area contributed by atoms with Crippen molar-refractivity contribution < 1.29 is 8.98 Å². The van der Waals surface area contributed by atoms with E-state index in [1.807, 2.05) is 61.5 Å². The van der Waals surface area contributed by atoms with E-state index >= 15 is 0 Å². The average molecular weight is 351 g/mol. The number of urea groups is 1. The van der Waals surface area contributed by atoms with Crippen LogP contribution in [0.3, 0.4) is 0 Å². The van der Waals surface area contributed by atoms with Crippen LogP contribution < -0.4 is 14.4 Å². The number of fused-ring (bicyclic) bond motifs is 1. The van der Waals surface area contributed by atoms with E-state index in [0.717, 1.165) is 32.9 Å². The number of nitrogens with one attached hydrogen (secondary N) is 1. The number of anilines is 1. The molecule has 1 N–H and O–H groups in total. The van der Waals surface area contributed by atoms with E-state index < -0.39 is 0 Å². The second kappa shape index (κ2) is 6.64. The summed E-state index contributed by atoms with van der Waals surface area (Å²) in [6.07, 6.45) is 0. The number of benzene rings is 2. The highest BCUT2D eigenvalue weighted by atomic mass is 32.2. The fraction of sp³-hybridized carbons (Fsp3) is 0.158. The summed E-state index contributed by atoms with van der Waals surface area (Å²) in [5.74, 6) is 0.745. The molecular formula is C19H17N3O2S. The normalized spacial score (nSPS) is 14.0. The lowest BCUT2D eigenvalue weighted by molar-refractivity contribution is 0.252. The third kappa shape index (κ3) is 3.25. The first-order valence-corrected chi connectivity index (χ1v) is 8.81. The van der Waals surface area contributed by atoms with E-state index in [0.29, 0.717) is 13.1 Å². The van der Waals surface area contributed by atoms with Crippen molar-refractivity contribution in [2.24, 2.45) is 0 Å². The third-order valence-corrected chi connectivity index (χ3v) is 4.78. The van der Waals surface area contributed by atoms with Crippen LogP contribution in [0.2, 0.25) is 0 Å². The van der Waals surface area contributed by atoms with Crippen molar-refractivity contribution in [1.82, 2.24) is 10.3 Å². The number of carbonyl (C=O) groups excluding carboxylic acids is 1. The molecule has 0 aliphatic carbocycles. The Labute approximate surface area is 150 Å². The summed E-state index contributed by atoms with van der Waals surface area (Å²) in [6, 6.07) is 17.7. The van der Waals surface area contributed by atoms with Gasteiger partial charge in [-0.3, -0.25) is 4.90 Å². The summed E-state index contributed by atoms with van der Waals surface area (Å²) in [5.41, 5.74) is 2.71. The highest BCUT2D eigenvalue weighted by Crippen LogP contribution is 2.30. The second-order valence-electron chi connectivity index (χ2n) is 5.82. The van der Waals surface area contributed by atoms with Crippen LogP contribution >= 0.6 is 12.0 Å². The summed E-state index contributed by atoms with van der Waals surface area (Å²) >= 11 is 1.29. The molecule has 6 heteroatoms. The zero-order valence-corrected chi connectivity index (χ0v) is 14.5. The summed E-state index contributed by atoms with van der Waals surface area (Å²) in [6.45, 7) is 3.35. The summed E-state index contributed by atoms with van der Waals surface area (Å²) in [5, 5.41) is 3.86. The van der Waals surface area contributed by atoms with Gasteiger partial charge < -0.3 is 9.50 Å². The molecule has 1 aliphatic heterocycles. The zero-order chi connectivity index (χ0) is 17.2. The van der Waals surface area contributed by atoms with Crippen LogP contribution in [0.5, 0.6) is 5.75 Å². The Morgan fingerprint density at radius 1 is 1.12 bits per heavy atom. The van der Waals surface area contributed by atoms with Gasteiger partial charge >= 0.3 is 6.03 Å². The maximum absolute atomic E-state index is 11.7. The zero-order valence-electron chi connectivity index (χ0n) is 13.7. The van der Waals surface area contributed by atoms with Gasteiger partial charge in [0.15, 0.2) is 5.75 Å². The Kier molecular flexibility index (Phi) is 4.19. The number of nitrogens with zero attached hydrogens (tertiary/aromatic N) is 2. The molecule has 3 aromatic rings.